The Morgan fingerprint density at radius 3 is 2.19 bits per heavy atom. The zero-order valence-electron chi connectivity index (χ0n) is 28.1. The molecule has 7 rings (SSSR count). The average molecular weight is 704 g/mol. The smallest absolute Gasteiger partial charge is 0.332 e. The second-order valence-electron chi connectivity index (χ2n) is 13.1. The molecule has 52 heavy (non-hydrogen) atoms. The van der Waals surface area contributed by atoms with Crippen LogP contribution in [0.25, 0.3) is 23.3 Å². The lowest BCUT2D eigenvalue weighted by Crippen LogP contribution is -2.57. The van der Waals surface area contributed by atoms with E-state index in [0.717, 1.165) is 20.6 Å². The predicted molar refractivity (Wildman–Crippen MR) is 189 cm³/mol. The van der Waals surface area contributed by atoms with E-state index in [1.54, 1.807) is 12.1 Å². The number of nitro groups is 1. The van der Waals surface area contributed by atoms with Gasteiger partial charge in [-0.1, -0.05) is 78.9 Å². The highest BCUT2D eigenvalue weighted by Crippen LogP contribution is 2.50. The number of fused-ring (bicyclic) bond motifs is 2. The molecule has 5 aromatic rings. The second kappa shape index (κ2) is 13.0. The summed E-state index contributed by atoms with van der Waals surface area (Å²) in [6.07, 6.45) is 5.00. The van der Waals surface area contributed by atoms with Crippen molar-refractivity contribution in [2.75, 3.05) is 6.54 Å². The Bertz CT molecular complexity index is 2400. The number of non-ortho nitro benzene ring substituents is 1. The number of benzene rings is 3. The summed E-state index contributed by atoms with van der Waals surface area (Å²) < 4.78 is 3.63. The quantitative estimate of drug-likeness (QED) is 0.0946. The Morgan fingerprint density at radius 1 is 0.904 bits per heavy atom. The van der Waals surface area contributed by atoms with Gasteiger partial charge in [0.15, 0.2) is 11.2 Å². The Kier molecular flexibility index (Phi) is 8.50. The minimum absolute atomic E-state index is 0.0379. The van der Waals surface area contributed by atoms with Crippen LogP contribution < -0.4 is 16.6 Å². The normalized spacial score (nSPS) is 21.3. The van der Waals surface area contributed by atoms with Gasteiger partial charge < -0.3 is 9.67 Å². The van der Waals surface area contributed by atoms with Crippen LogP contribution in [0, 0.1) is 22.0 Å². The molecule has 2 aromatic heterocycles. The zero-order valence-corrected chi connectivity index (χ0v) is 28.1. The van der Waals surface area contributed by atoms with Crippen molar-refractivity contribution in [3.8, 4) is 0 Å². The van der Waals surface area contributed by atoms with Crippen LogP contribution in [0.2, 0.25) is 0 Å². The van der Waals surface area contributed by atoms with E-state index in [9.17, 15) is 39.2 Å². The third-order valence-electron chi connectivity index (χ3n) is 10.1. The highest BCUT2D eigenvalue weighted by molar-refractivity contribution is 6.09. The minimum Gasteiger partial charge on any atom is -0.480 e. The van der Waals surface area contributed by atoms with Gasteiger partial charge in [0.1, 0.15) is 5.54 Å². The van der Waals surface area contributed by atoms with Gasteiger partial charge in [-0.25, -0.2) is 9.78 Å². The molecule has 15 nitrogen and oxygen atoms in total. The number of hydrogen-bond donors (Lipinski definition) is 2. The molecule has 2 amide bonds. The lowest BCUT2D eigenvalue weighted by molar-refractivity contribution is -0.384. The monoisotopic (exact) mass is 703 g/mol. The molecule has 2 N–H and O–H groups in total. The van der Waals surface area contributed by atoms with E-state index < -0.39 is 57.4 Å². The molecule has 2 aliphatic rings. The summed E-state index contributed by atoms with van der Waals surface area (Å²) in [5.74, 6) is -5.04. The number of carbonyl (C=O) groups is 3. The van der Waals surface area contributed by atoms with E-state index in [2.05, 4.69) is 10.3 Å². The fraction of sp³-hybridized carbons (Fsp3) is 0.243. The number of aromatic nitrogens is 4. The van der Waals surface area contributed by atoms with Crippen molar-refractivity contribution in [3.05, 3.63) is 138 Å². The summed E-state index contributed by atoms with van der Waals surface area (Å²) in [5, 5.41) is 25.3. The first kappa shape index (κ1) is 34.0. The van der Waals surface area contributed by atoms with E-state index >= 15 is 0 Å². The van der Waals surface area contributed by atoms with Gasteiger partial charge in [0.25, 0.3) is 11.2 Å². The van der Waals surface area contributed by atoms with Crippen molar-refractivity contribution in [1.82, 2.24) is 28.9 Å². The molecule has 264 valence electrons. The number of carbonyl (C=O) groups excluding carboxylic acids is 2. The zero-order chi connectivity index (χ0) is 36.9. The molecule has 2 fully saturated rings. The van der Waals surface area contributed by atoms with Crippen LogP contribution >= 0.6 is 0 Å². The first-order chi connectivity index (χ1) is 24.9. The van der Waals surface area contributed by atoms with Gasteiger partial charge in [0, 0.05) is 51.8 Å². The molecule has 0 spiro atoms. The molecular formula is C37H33N7O8. The number of amides is 2. The minimum atomic E-state index is -1.95. The lowest BCUT2D eigenvalue weighted by atomic mass is 9.76. The van der Waals surface area contributed by atoms with Crippen LogP contribution in [-0.2, 0) is 41.4 Å². The first-order valence-electron chi connectivity index (χ1n) is 16.4. The number of carboxylic acids is 1. The van der Waals surface area contributed by atoms with E-state index in [1.165, 1.54) is 53.8 Å². The number of aryl methyl sites for hydroxylation is 1. The maximum absolute atomic E-state index is 14.3. The molecule has 3 aromatic carbocycles. The summed E-state index contributed by atoms with van der Waals surface area (Å²) in [5.41, 5.74) is -0.122. The lowest BCUT2D eigenvalue weighted by Gasteiger charge is -2.31. The van der Waals surface area contributed by atoms with Crippen molar-refractivity contribution < 1.29 is 24.4 Å². The number of hydrogen-bond acceptors (Lipinski definition) is 9. The van der Waals surface area contributed by atoms with E-state index in [0.29, 0.717) is 11.1 Å². The maximum atomic E-state index is 14.3. The Hall–Kier alpha value is -6.48. The fourth-order valence-corrected chi connectivity index (χ4v) is 7.41. The van der Waals surface area contributed by atoms with Crippen LogP contribution in [-0.4, -0.2) is 63.5 Å². The van der Waals surface area contributed by atoms with Gasteiger partial charge in [-0.15, -0.1) is 0 Å². The van der Waals surface area contributed by atoms with Crippen LogP contribution in [0.4, 0.5) is 5.69 Å². The number of imide groups is 1. The Balaban J connectivity index is 1.24. The molecular weight excluding hydrogens is 670 g/mol. The maximum Gasteiger partial charge on any atom is 0.332 e. The summed E-state index contributed by atoms with van der Waals surface area (Å²) in [6.45, 7) is -0.227. The van der Waals surface area contributed by atoms with Crippen LogP contribution in [0.5, 0.6) is 0 Å². The third kappa shape index (κ3) is 5.60. The van der Waals surface area contributed by atoms with Crippen molar-refractivity contribution >= 4 is 46.8 Å². The van der Waals surface area contributed by atoms with Crippen molar-refractivity contribution in [2.24, 2.45) is 25.9 Å². The molecule has 4 heterocycles. The first-order valence-corrected chi connectivity index (χ1v) is 16.4. The standard InChI is InChI=1S/C37H33N7O8/c1-40-31-30(34(47)41(2)36(40)50)42(21-38-31)18-19-43-32(45)27-28(33(43)46)37(35(48)49,20-24-12-16-26(17-13-24)44(51)52)39-29(27)25-14-10-23(11-15-25)9-8-22-6-4-3-5-7-22/h3-17,21,27-29,39H,18-20H2,1-2H3,(H,48,49)/b9-8+. The summed E-state index contributed by atoms with van der Waals surface area (Å²) in [7, 11) is 2.82. The topological polar surface area (TPSA) is 192 Å². The summed E-state index contributed by atoms with van der Waals surface area (Å²) in [6, 6.07) is 21.5. The van der Waals surface area contributed by atoms with E-state index in [-0.39, 0.29) is 36.4 Å². The SMILES string of the molecule is Cn1c(=O)c2c(ncn2CCN2C(=O)C3C(c4ccc(/C=C/c5ccccc5)cc4)NC(Cc4ccc([N+](=O)[O-])cc4)(C(=O)O)C3C2=O)n(C)c1=O. The van der Waals surface area contributed by atoms with Gasteiger partial charge in [0.05, 0.1) is 23.1 Å². The molecule has 4 atom stereocenters. The number of nitrogens with zero attached hydrogens (tertiary/aromatic N) is 6. The summed E-state index contributed by atoms with van der Waals surface area (Å²) in [4.78, 5) is 83.3. The fourth-order valence-electron chi connectivity index (χ4n) is 7.41. The molecule has 0 bridgehead atoms. The van der Waals surface area contributed by atoms with E-state index in [4.69, 9.17) is 0 Å². The number of nitro benzene ring substituents is 1. The van der Waals surface area contributed by atoms with Gasteiger partial charge in [-0.05, 0) is 22.3 Å². The number of nitrogens with one attached hydrogen (secondary N) is 1. The van der Waals surface area contributed by atoms with Crippen molar-refractivity contribution in [1.29, 1.82) is 0 Å². The third-order valence-corrected chi connectivity index (χ3v) is 10.1. The van der Waals surface area contributed by atoms with E-state index in [1.807, 2.05) is 54.6 Å². The summed E-state index contributed by atoms with van der Waals surface area (Å²) >= 11 is 0. The van der Waals surface area contributed by atoms with Crippen LogP contribution in [0.1, 0.15) is 28.3 Å². The van der Waals surface area contributed by atoms with Gasteiger partial charge >= 0.3 is 11.7 Å². The van der Waals surface area contributed by atoms with Crippen LogP contribution in [0.15, 0.2) is 94.8 Å². The molecule has 4 unspecified atom stereocenters. The van der Waals surface area contributed by atoms with Gasteiger partial charge in [-0.3, -0.25) is 48.6 Å². The van der Waals surface area contributed by atoms with Crippen molar-refractivity contribution in [2.45, 2.75) is 24.5 Å². The highest BCUT2D eigenvalue weighted by atomic mass is 16.6. The number of likely N-dealkylation sites (tertiary alicyclic amines) is 1. The highest BCUT2D eigenvalue weighted by Gasteiger charge is 2.68. The Morgan fingerprint density at radius 2 is 1.56 bits per heavy atom. The largest absolute Gasteiger partial charge is 0.480 e. The number of aliphatic carboxylic acids is 1. The number of carboxylic acid groups (broad SMARTS) is 1. The van der Waals surface area contributed by atoms with Gasteiger partial charge in [-0.2, -0.15) is 0 Å². The molecule has 2 saturated heterocycles. The molecule has 0 aliphatic carbocycles. The van der Waals surface area contributed by atoms with Crippen LogP contribution in [0.3, 0.4) is 0 Å². The molecule has 2 aliphatic heterocycles. The average Bonchev–Trinajstić information content (AvgIpc) is 3.80. The number of rotatable bonds is 10. The van der Waals surface area contributed by atoms with Gasteiger partial charge in [0.2, 0.25) is 11.8 Å². The Labute approximate surface area is 295 Å². The second-order valence-corrected chi connectivity index (χ2v) is 13.1. The predicted octanol–water partition coefficient (Wildman–Crippen LogP) is 2.52. The molecule has 15 heteroatoms. The van der Waals surface area contributed by atoms with Crippen molar-refractivity contribution in [3.63, 3.8) is 0 Å². The number of imidazole rings is 1. The molecule has 0 saturated carbocycles. The molecule has 0 radical (unpaired) electrons.